The molecule has 0 bridgehead atoms. The van der Waals surface area contributed by atoms with Gasteiger partial charge in [0.25, 0.3) is 12.9 Å². The summed E-state index contributed by atoms with van der Waals surface area (Å²) < 4.78 is 9.64. The van der Waals surface area contributed by atoms with Gasteiger partial charge in [-0.05, 0) is 68.4 Å². The van der Waals surface area contributed by atoms with Crippen LogP contribution in [-0.2, 0) is 59.0 Å². The maximum absolute atomic E-state index is 12.2. The van der Waals surface area contributed by atoms with Crippen LogP contribution in [0.1, 0.15) is 50.5 Å². The Morgan fingerprint density at radius 2 is 1.17 bits per heavy atom. The Labute approximate surface area is 456 Å². The molecule has 0 aromatic heterocycles. The van der Waals surface area contributed by atoms with Gasteiger partial charge in [0, 0.05) is 110 Å². The minimum Gasteiger partial charge on any atom is -0.480 e. The Morgan fingerprint density at radius 1 is 0.615 bits per heavy atom. The van der Waals surface area contributed by atoms with Crippen molar-refractivity contribution in [2.45, 2.75) is 69.6 Å². The van der Waals surface area contributed by atoms with Gasteiger partial charge in [0.2, 0.25) is 0 Å². The van der Waals surface area contributed by atoms with Crippen molar-refractivity contribution in [2.24, 2.45) is 0 Å². The molecule has 3 unspecified atom stereocenters. The molecule has 3 atom stereocenters. The number of rotatable bonds is 39. The smallest absolute Gasteiger partial charge is 0.326 e. The number of benzene rings is 1. The molecule has 1 aliphatic rings. The maximum Gasteiger partial charge on any atom is 0.326 e. The first-order valence-electron chi connectivity index (χ1n) is 25.4. The lowest BCUT2D eigenvalue weighted by atomic mass is 10.0. The Bertz CT molecular complexity index is 2010. The van der Waals surface area contributed by atoms with E-state index in [4.69, 9.17) is 17.0 Å². The SMILES string of the molecule is O=COCCC(NC(=O)NCCC(CCCCNC(=S)Nc1ccc(CCCC(CN2CCN(CC(=O)O)CCN(CCN(CC(=O)O)CC(=O)O)CCN(CC(=O)O)CC2)N(CC(=O)O)CC(=O)O)cc1)OC=O)C(=O)O. The van der Waals surface area contributed by atoms with Crippen molar-refractivity contribution in [1.82, 2.24) is 45.3 Å². The fourth-order valence-electron chi connectivity index (χ4n) is 8.49. The number of nitrogens with one attached hydrogen (secondary N) is 4. The van der Waals surface area contributed by atoms with Gasteiger partial charge in [-0.1, -0.05) is 12.1 Å². The molecule has 1 aliphatic heterocycles. The molecule has 1 heterocycles. The highest BCUT2D eigenvalue weighted by Gasteiger charge is 2.28. The third kappa shape index (κ3) is 32.0. The van der Waals surface area contributed by atoms with E-state index in [1.165, 1.54) is 9.80 Å². The zero-order valence-electron chi connectivity index (χ0n) is 43.6. The molecule has 0 radical (unpaired) electrons. The lowest BCUT2D eigenvalue weighted by Crippen LogP contribution is -2.52. The largest absolute Gasteiger partial charge is 0.480 e. The van der Waals surface area contributed by atoms with Crippen LogP contribution in [0.2, 0.25) is 0 Å². The molecule has 2 amide bonds. The molecule has 0 saturated carbocycles. The lowest BCUT2D eigenvalue weighted by Gasteiger charge is -2.37. The number of nitrogens with zero attached hydrogens (tertiary/aromatic N) is 6. The number of carbonyl (C=O) groups is 10. The third-order valence-corrected chi connectivity index (χ3v) is 12.7. The zero-order valence-corrected chi connectivity index (χ0v) is 44.4. The number of hydrogen-bond acceptors (Lipinski definition) is 19. The van der Waals surface area contributed by atoms with E-state index >= 15 is 0 Å². The molecule has 2 rings (SSSR count). The highest BCUT2D eigenvalue weighted by molar-refractivity contribution is 7.80. The Hall–Kier alpha value is -6.83. The van der Waals surface area contributed by atoms with Gasteiger partial charge >= 0.3 is 47.8 Å². The van der Waals surface area contributed by atoms with E-state index in [9.17, 15) is 83.7 Å². The van der Waals surface area contributed by atoms with Crippen LogP contribution in [0.3, 0.4) is 0 Å². The zero-order chi connectivity index (χ0) is 57.8. The number of urea groups is 1. The van der Waals surface area contributed by atoms with Crippen molar-refractivity contribution in [3.63, 3.8) is 0 Å². The summed E-state index contributed by atoms with van der Waals surface area (Å²) in [4.78, 5) is 126. The fourth-order valence-corrected chi connectivity index (χ4v) is 8.71. The summed E-state index contributed by atoms with van der Waals surface area (Å²) in [6.45, 7) is 0.528. The van der Waals surface area contributed by atoms with E-state index in [0.29, 0.717) is 75.4 Å². The van der Waals surface area contributed by atoms with E-state index in [-0.39, 0.29) is 104 Å². The highest BCUT2D eigenvalue weighted by atomic mass is 32.1. The number of ether oxygens (including phenoxy) is 2. The minimum absolute atomic E-state index is 0.0684. The quantitative estimate of drug-likeness (QED) is 0.0201. The van der Waals surface area contributed by atoms with Crippen molar-refractivity contribution in [1.29, 1.82) is 0 Å². The van der Waals surface area contributed by atoms with Crippen molar-refractivity contribution in [2.75, 3.05) is 136 Å². The maximum atomic E-state index is 12.2. The normalized spacial score (nSPS) is 15.3. The van der Waals surface area contributed by atoms with Gasteiger partial charge in [-0.3, -0.25) is 67.8 Å². The van der Waals surface area contributed by atoms with E-state index in [0.717, 1.165) is 5.56 Å². The summed E-state index contributed by atoms with van der Waals surface area (Å²) in [5, 5.41) is 78.6. The van der Waals surface area contributed by atoms with E-state index in [1.807, 2.05) is 34.1 Å². The number of hydrogen-bond donors (Lipinski definition) is 11. The summed E-state index contributed by atoms with van der Waals surface area (Å²) in [5.74, 6) is -8.36. The molecule has 11 N–H and O–H groups in total. The van der Waals surface area contributed by atoms with Crippen molar-refractivity contribution < 1.29 is 93.2 Å². The van der Waals surface area contributed by atoms with Gasteiger partial charge in [0.05, 0.1) is 45.9 Å². The number of carboxylic acids is 7. The van der Waals surface area contributed by atoms with Gasteiger partial charge in [-0.15, -0.1) is 0 Å². The second kappa shape index (κ2) is 38.7. The van der Waals surface area contributed by atoms with Crippen LogP contribution in [0.15, 0.2) is 24.3 Å². The summed E-state index contributed by atoms with van der Waals surface area (Å²) >= 11 is 5.47. The number of carboxylic acid groups (broad SMARTS) is 7. The monoisotopic (exact) mass is 1130 g/mol. The van der Waals surface area contributed by atoms with Crippen LogP contribution in [0.5, 0.6) is 0 Å². The first-order chi connectivity index (χ1) is 37.1. The number of thiocarbonyl (C=S) groups is 1. The molecule has 1 fully saturated rings. The standard InChI is InChI=1S/C48H76N10O19S/c59-33-76-25-12-39(46(73)74)52-47(75)49-14-11-38(77-34-60)6-1-2-13-50-48(78)51-36-9-7-35(8-10-36)4-3-5-37(58(31-44(69)70)32-45(71)72)26-54-20-22-55(27-40(61)62)18-15-53(16-19-56(23-21-54)28-41(63)64)17-24-57(29-42(65)66)30-43(67)68/h7-10,33-34,37-39H,1-6,11-32H2,(H,61,62)(H,63,64)(H,65,66)(H,67,68)(H,69,70)(H,71,72)(H,73,74)(H2,49,52,75)(H2,50,51,78). The van der Waals surface area contributed by atoms with E-state index < -0.39 is 92.2 Å². The molecular weight excluding hydrogens is 1050 g/mol. The van der Waals surface area contributed by atoms with Gasteiger partial charge in [0.1, 0.15) is 12.1 Å². The summed E-state index contributed by atoms with van der Waals surface area (Å²) in [6.07, 6.45) is 2.81. The molecule has 0 spiro atoms. The van der Waals surface area contributed by atoms with Crippen LogP contribution in [0.25, 0.3) is 0 Å². The first-order valence-corrected chi connectivity index (χ1v) is 25.8. The fraction of sp³-hybridized carbons (Fsp3) is 0.646. The van der Waals surface area contributed by atoms with Crippen molar-refractivity contribution in [3.8, 4) is 0 Å². The van der Waals surface area contributed by atoms with Crippen LogP contribution in [0, 0.1) is 0 Å². The Morgan fingerprint density at radius 3 is 1.68 bits per heavy atom. The number of unbranched alkanes of at least 4 members (excludes halogenated alkanes) is 1. The molecule has 1 aromatic rings. The first kappa shape index (κ1) is 67.3. The Kier molecular flexibility index (Phi) is 33.4. The van der Waals surface area contributed by atoms with Crippen LogP contribution in [0.4, 0.5) is 10.5 Å². The molecule has 78 heavy (non-hydrogen) atoms. The second-order valence-electron chi connectivity index (χ2n) is 18.5. The number of aryl methyl sites for hydroxylation is 1. The molecule has 30 heteroatoms. The topological polar surface area (TPSA) is 398 Å². The number of amides is 2. The third-order valence-electron chi connectivity index (χ3n) is 12.4. The van der Waals surface area contributed by atoms with Gasteiger partial charge < -0.3 is 66.5 Å². The highest BCUT2D eigenvalue weighted by Crippen LogP contribution is 2.17. The van der Waals surface area contributed by atoms with E-state index in [1.54, 1.807) is 9.80 Å². The molecule has 1 aromatic carbocycles. The van der Waals surface area contributed by atoms with Crippen LogP contribution in [-0.4, -0.2) is 280 Å². The molecule has 29 nitrogen and oxygen atoms in total. The number of anilines is 1. The van der Waals surface area contributed by atoms with Crippen LogP contribution >= 0.6 is 12.2 Å². The van der Waals surface area contributed by atoms with Crippen molar-refractivity contribution >= 4 is 83.8 Å². The van der Waals surface area contributed by atoms with Gasteiger partial charge in [0.15, 0.2) is 5.11 Å². The van der Waals surface area contributed by atoms with E-state index in [2.05, 4.69) is 26.0 Å². The number of carbonyl (C=O) groups excluding carboxylic acids is 3. The molecule has 1 saturated heterocycles. The predicted octanol–water partition coefficient (Wildman–Crippen LogP) is -1.59. The Balaban J connectivity index is 2.06. The number of aliphatic carboxylic acids is 7. The molecular formula is C48H76N10O19S. The average Bonchev–Trinajstić information content (AvgIpc) is 3.34. The molecule has 438 valence electrons. The predicted molar refractivity (Wildman–Crippen MR) is 281 cm³/mol. The van der Waals surface area contributed by atoms with Gasteiger partial charge in [-0.25, -0.2) is 9.59 Å². The van der Waals surface area contributed by atoms with Gasteiger partial charge in [-0.2, -0.15) is 0 Å². The lowest BCUT2D eigenvalue weighted by molar-refractivity contribution is -0.144. The average molecular weight is 1130 g/mol. The summed E-state index contributed by atoms with van der Waals surface area (Å²) in [5.41, 5.74) is 1.62. The van der Waals surface area contributed by atoms with Crippen LogP contribution < -0.4 is 21.3 Å². The molecule has 0 aliphatic carbocycles. The minimum atomic E-state index is -1.30. The van der Waals surface area contributed by atoms with Crippen molar-refractivity contribution in [3.05, 3.63) is 29.8 Å². The summed E-state index contributed by atoms with van der Waals surface area (Å²) in [7, 11) is 0. The second-order valence-corrected chi connectivity index (χ2v) is 18.9. The summed E-state index contributed by atoms with van der Waals surface area (Å²) in [6, 6.07) is 4.81.